The van der Waals surface area contributed by atoms with E-state index in [1.807, 2.05) is 0 Å². The van der Waals surface area contributed by atoms with E-state index in [-0.39, 0.29) is 29.9 Å². The molecule has 32 heavy (non-hydrogen) atoms. The van der Waals surface area contributed by atoms with Crippen LogP contribution in [0.4, 0.5) is 8.78 Å². The Bertz CT molecular complexity index is 1130. The molecule has 166 valence electrons. The molecular formula is C24H23F2N3O3. The smallest absolute Gasteiger partial charge is 0.273 e. The number of carbonyl (C=O) groups is 2. The topological polar surface area (TPSA) is 75.4 Å². The van der Waals surface area contributed by atoms with Crippen LogP contribution in [0.3, 0.4) is 0 Å². The largest absolute Gasteiger partial charge is 0.360 e. The normalized spacial score (nSPS) is 16.1. The SMILES string of the molecule is Cc1ccc(F)cc1C(=O)N1CCCC(c2cc(C(=O)NCc3ccc(F)cc3)no2)C1. The summed E-state index contributed by atoms with van der Waals surface area (Å²) in [6.07, 6.45) is 1.55. The van der Waals surface area contributed by atoms with E-state index < -0.39 is 11.7 Å². The third kappa shape index (κ3) is 4.85. The third-order valence-corrected chi connectivity index (χ3v) is 5.67. The first-order valence-electron chi connectivity index (χ1n) is 10.5. The van der Waals surface area contributed by atoms with E-state index in [9.17, 15) is 18.4 Å². The number of carbonyl (C=O) groups excluding carboxylic acids is 2. The number of aromatic nitrogens is 1. The van der Waals surface area contributed by atoms with Crippen LogP contribution in [0, 0.1) is 18.6 Å². The van der Waals surface area contributed by atoms with E-state index >= 15 is 0 Å². The monoisotopic (exact) mass is 439 g/mol. The number of hydrogen-bond donors (Lipinski definition) is 1. The van der Waals surface area contributed by atoms with Gasteiger partial charge in [0, 0.05) is 37.2 Å². The van der Waals surface area contributed by atoms with Crippen LogP contribution < -0.4 is 5.32 Å². The lowest BCUT2D eigenvalue weighted by Crippen LogP contribution is -2.39. The van der Waals surface area contributed by atoms with Crippen molar-refractivity contribution in [2.75, 3.05) is 13.1 Å². The van der Waals surface area contributed by atoms with Crippen LogP contribution in [-0.2, 0) is 6.54 Å². The van der Waals surface area contributed by atoms with Crippen LogP contribution >= 0.6 is 0 Å². The molecule has 3 aromatic rings. The van der Waals surface area contributed by atoms with Gasteiger partial charge < -0.3 is 14.7 Å². The second kappa shape index (κ2) is 9.30. The van der Waals surface area contributed by atoms with Crippen LogP contribution in [0.25, 0.3) is 0 Å². The van der Waals surface area contributed by atoms with Gasteiger partial charge in [-0.15, -0.1) is 0 Å². The number of amides is 2. The molecule has 2 amide bonds. The number of likely N-dealkylation sites (tertiary alicyclic amines) is 1. The van der Waals surface area contributed by atoms with Crippen molar-refractivity contribution >= 4 is 11.8 Å². The van der Waals surface area contributed by atoms with Gasteiger partial charge in [0.15, 0.2) is 5.69 Å². The Kier molecular flexibility index (Phi) is 6.30. The van der Waals surface area contributed by atoms with Crippen LogP contribution in [-0.4, -0.2) is 35.0 Å². The van der Waals surface area contributed by atoms with Gasteiger partial charge >= 0.3 is 0 Å². The van der Waals surface area contributed by atoms with Crippen molar-refractivity contribution in [2.45, 2.75) is 32.2 Å². The van der Waals surface area contributed by atoms with Crippen LogP contribution in [0.2, 0.25) is 0 Å². The summed E-state index contributed by atoms with van der Waals surface area (Å²) in [5, 5.41) is 6.60. The lowest BCUT2D eigenvalue weighted by molar-refractivity contribution is 0.0696. The van der Waals surface area contributed by atoms with Crippen molar-refractivity contribution < 1.29 is 22.9 Å². The second-order valence-electron chi connectivity index (χ2n) is 7.97. The Morgan fingerprint density at radius 3 is 2.66 bits per heavy atom. The fourth-order valence-electron chi connectivity index (χ4n) is 3.85. The Morgan fingerprint density at radius 1 is 1.12 bits per heavy atom. The zero-order valence-corrected chi connectivity index (χ0v) is 17.6. The maximum atomic E-state index is 13.6. The van der Waals surface area contributed by atoms with Gasteiger partial charge in [0.25, 0.3) is 11.8 Å². The molecule has 1 fully saturated rings. The van der Waals surface area contributed by atoms with Gasteiger partial charge in [0.2, 0.25) is 0 Å². The molecule has 8 heteroatoms. The van der Waals surface area contributed by atoms with E-state index in [0.29, 0.717) is 24.4 Å². The average Bonchev–Trinajstić information content (AvgIpc) is 3.30. The molecule has 1 aliphatic heterocycles. The highest BCUT2D eigenvalue weighted by atomic mass is 19.1. The summed E-state index contributed by atoms with van der Waals surface area (Å²) in [7, 11) is 0. The highest BCUT2D eigenvalue weighted by Gasteiger charge is 2.29. The second-order valence-corrected chi connectivity index (χ2v) is 7.97. The fraction of sp³-hybridized carbons (Fsp3) is 0.292. The van der Waals surface area contributed by atoms with Gasteiger partial charge in [0.1, 0.15) is 17.4 Å². The summed E-state index contributed by atoms with van der Waals surface area (Å²) >= 11 is 0. The first-order chi connectivity index (χ1) is 15.4. The minimum atomic E-state index is -0.445. The van der Waals surface area contributed by atoms with Gasteiger partial charge in [0.05, 0.1) is 0 Å². The van der Waals surface area contributed by atoms with E-state index in [2.05, 4.69) is 10.5 Å². The molecule has 1 aliphatic rings. The van der Waals surface area contributed by atoms with E-state index in [1.54, 1.807) is 36.1 Å². The molecule has 6 nitrogen and oxygen atoms in total. The average molecular weight is 439 g/mol. The number of aryl methyl sites for hydroxylation is 1. The van der Waals surface area contributed by atoms with E-state index in [1.165, 1.54) is 24.3 Å². The maximum absolute atomic E-state index is 13.6. The lowest BCUT2D eigenvalue weighted by atomic mass is 9.94. The zero-order chi connectivity index (χ0) is 22.7. The maximum Gasteiger partial charge on any atom is 0.273 e. The molecule has 0 radical (unpaired) electrons. The molecule has 2 heterocycles. The molecule has 1 atom stereocenters. The van der Waals surface area contributed by atoms with Gasteiger partial charge in [-0.2, -0.15) is 0 Å². The first-order valence-corrected chi connectivity index (χ1v) is 10.5. The van der Waals surface area contributed by atoms with E-state index in [4.69, 9.17) is 4.52 Å². The van der Waals surface area contributed by atoms with Crippen molar-refractivity contribution in [2.24, 2.45) is 0 Å². The van der Waals surface area contributed by atoms with Crippen LogP contribution in [0.15, 0.2) is 53.1 Å². The Labute approximate surface area is 184 Å². The Morgan fingerprint density at radius 2 is 1.88 bits per heavy atom. The molecule has 0 bridgehead atoms. The van der Waals surface area contributed by atoms with Gasteiger partial charge in [-0.05, 0) is 55.2 Å². The van der Waals surface area contributed by atoms with Gasteiger partial charge in [-0.25, -0.2) is 8.78 Å². The van der Waals surface area contributed by atoms with Crippen LogP contribution in [0.1, 0.15) is 56.5 Å². The van der Waals surface area contributed by atoms with Crippen molar-refractivity contribution in [3.8, 4) is 0 Å². The van der Waals surface area contributed by atoms with Crippen molar-refractivity contribution in [1.29, 1.82) is 0 Å². The predicted molar refractivity (Wildman–Crippen MR) is 113 cm³/mol. The minimum Gasteiger partial charge on any atom is -0.360 e. The molecular weight excluding hydrogens is 416 g/mol. The molecule has 1 saturated heterocycles. The number of hydrogen-bond acceptors (Lipinski definition) is 4. The number of rotatable bonds is 5. The molecule has 1 unspecified atom stereocenters. The summed E-state index contributed by atoms with van der Waals surface area (Å²) in [6.45, 7) is 2.99. The standard InChI is InChI=1S/C24H23F2N3O3/c1-15-4-7-19(26)11-20(15)24(31)29-10-2-3-17(14-29)22-12-21(28-32-22)23(30)27-13-16-5-8-18(25)9-6-16/h4-9,11-12,17H,2-3,10,13-14H2,1H3,(H,27,30). The number of piperidine rings is 1. The Balaban J connectivity index is 1.40. The summed E-state index contributed by atoms with van der Waals surface area (Å²) in [6, 6.07) is 11.6. The molecule has 1 aromatic heterocycles. The zero-order valence-electron chi connectivity index (χ0n) is 17.6. The summed E-state index contributed by atoms with van der Waals surface area (Å²) in [4.78, 5) is 27.0. The van der Waals surface area contributed by atoms with Crippen molar-refractivity contribution in [3.63, 3.8) is 0 Å². The van der Waals surface area contributed by atoms with Crippen LogP contribution in [0.5, 0.6) is 0 Å². The van der Waals surface area contributed by atoms with E-state index in [0.717, 1.165) is 24.0 Å². The third-order valence-electron chi connectivity index (χ3n) is 5.67. The highest BCUT2D eigenvalue weighted by Crippen LogP contribution is 2.29. The number of nitrogens with zero attached hydrogens (tertiary/aromatic N) is 2. The number of halogens is 2. The Hall–Kier alpha value is -3.55. The lowest BCUT2D eigenvalue weighted by Gasteiger charge is -2.32. The highest BCUT2D eigenvalue weighted by molar-refractivity contribution is 5.95. The number of benzene rings is 2. The quantitative estimate of drug-likeness (QED) is 0.646. The molecule has 4 rings (SSSR count). The fourth-order valence-corrected chi connectivity index (χ4v) is 3.85. The van der Waals surface area contributed by atoms with Crippen molar-refractivity contribution in [3.05, 3.63) is 88.3 Å². The minimum absolute atomic E-state index is 0.104. The van der Waals surface area contributed by atoms with Gasteiger partial charge in [-0.3, -0.25) is 9.59 Å². The number of nitrogens with one attached hydrogen (secondary N) is 1. The molecule has 0 saturated carbocycles. The first kappa shape index (κ1) is 21.7. The molecule has 0 spiro atoms. The molecule has 0 aliphatic carbocycles. The van der Waals surface area contributed by atoms with Crippen molar-refractivity contribution in [1.82, 2.24) is 15.4 Å². The summed E-state index contributed by atoms with van der Waals surface area (Å²) in [5.74, 6) is -0.974. The molecule has 1 N–H and O–H groups in total. The summed E-state index contributed by atoms with van der Waals surface area (Å²) < 4.78 is 32.0. The molecule has 2 aromatic carbocycles. The summed E-state index contributed by atoms with van der Waals surface area (Å²) in [5.41, 5.74) is 1.98. The predicted octanol–water partition coefficient (Wildman–Crippen LogP) is 4.21. The van der Waals surface area contributed by atoms with Gasteiger partial charge in [-0.1, -0.05) is 23.4 Å².